The summed E-state index contributed by atoms with van der Waals surface area (Å²) in [5.41, 5.74) is -1.44. The van der Waals surface area contributed by atoms with Gasteiger partial charge in [-0.2, -0.15) is 0 Å². The molecule has 1 heterocycles. The van der Waals surface area contributed by atoms with Crippen molar-refractivity contribution < 1.29 is 32.6 Å². The number of piperazine rings is 1. The van der Waals surface area contributed by atoms with Gasteiger partial charge in [-0.1, -0.05) is 11.6 Å². The zero-order chi connectivity index (χ0) is 24.5. The van der Waals surface area contributed by atoms with Crippen molar-refractivity contribution in [1.82, 2.24) is 21.3 Å². The summed E-state index contributed by atoms with van der Waals surface area (Å²) < 4.78 is 44.5. The van der Waals surface area contributed by atoms with Gasteiger partial charge in [-0.3, -0.25) is 9.59 Å². The van der Waals surface area contributed by atoms with Crippen LogP contribution in [0.4, 0.5) is 13.2 Å². The van der Waals surface area contributed by atoms with Gasteiger partial charge in [0.25, 0.3) is 12.3 Å². The molecule has 3 saturated carbocycles. The van der Waals surface area contributed by atoms with Crippen LogP contribution in [0.15, 0.2) is 18.2 Å². The van der Waals surface area contributed by atoms with E-state index >= 15 is 0 Å². The molecule has 12 heteroatoms. The Kier molecular flexibility index (Phi) is 7.28. The molecule has 3 atom stereocenters. The summed E-state index contributed by atoms with van der Waals surface area (Å²) in [7, 11) is 0. The zero-order valence-corrected chi connectivity index (χ0v) is 19.1. The van der Waals surface area contributed by atoms with Crippen LogP contribution in [-0.2, 0) is 9.59 Å². The summed E-state index contributed by atoms with van der Waals surface area (Å²) in [5, 5.41) is 22.2. The second-order valence-corrected chi connectivity index (χ2v) is 9.78. The molecular formula is C22H28ClF3N4O4. The first kappa shape index (κ1) is 25.0. The molecule has 2 amide bonds. The summed E-state index contributed by atoms with van der Waals surface area (Å²) >= 11 is 5.64. The van der Waals surface area contributed by atoms with Crippen LogP contribution < -0.4 is 26.0 Å². The quantitative estimate of drug-likeness (QED) is 0.380. The van der Waals surface area contributed by atoms with Crippen LogP contribution in [0.3, 0.4) is 0 Å². The molecular weight excluding hydrogens is 477 g/mol. The highest BCUT2D eigenvalue weighted by molar-refractivity contribution is 6.30. The molecule has 5 rings (SSSR count). The lowest BCUT2D eigenvalue weighted by molar-refractivity contribution is -0.137. The van der Waals surface area contributed by atoms with E-state index in [1.165, 1.54) is 12.1 Å². The van der Waals surface area contributed by atoms with Crippen molar-refractivity contribution in [2.75, 3.05) is 19.7 Å². The first-order valence-electron chi connectivity index (χ1n) is 11.3. The van der Waals surface area contributed by atoms with Gasteiger partial charge in [0.2, 0.25) is 5.91 Å². The van der Waals surface area contributed by atoms with E-state index in [2.05, 4.69) is 21.3 Å². The lowest BCUT2D eigenvalue weighted by atomic mass is 9.59. The minimum atomic E-state index is -2.52. The fourth-order valence-electron chi connectivity index (χ4n) is 5.09. The van der Waals surface area contributed by atoms with Crippen LogP contribution in [0.5, 0.6) is 5.75 Å². The lowest BCUT2D eigenvalue weighted by Crippen LogP contribution is -2.72. The number of aliphatic hydroxyl groups is 1. The molecule has 1 aliphatic heterocycles. The van der Waals surface area contributed by atoms with Crippen molar-refractivity contribution in [2.24, 2.45) is 0 Å². The van der Waals surface area contributed by atoms with E-state index in [9.17, 15) is 27.9 Å². The van der Waals surface area contributed by atoms with Gasteiger partial charge in [0.1, 0.15) is 11.6 Å². The topological polar surface area (TPSA) is 112 Å². The molecule has 3 unspecified atom stereocenters. The third kappa shape index (κ3) is 5.27. The number of halogens is 4. The summed E-state index contributed by atoms with van der Waals surface area (Å²) in [5.74, 6) is -1.21. The minimum absolute atomic E-state index is 0.0226. The maximum absolute atomic E-state index is 13.5. The van der Waals surface area contributed by atoms with Crippen LogP contribution in [-0.4, -0.2) is 72.3 Å². The van der Waals surface area contributed by atoms with E-state index in [4.69, 9.17) is 16.3 Å². The fourth-order valence-corrected chi connectivity index (χ4v) is 5.21. The summed E-state index contributed by atoms with van der Waals surface area (Å²) in [6, 6.07) is 2.23. The second-order valence-electron chi connectivity index (χ2n) is 9.37. The van der Waals surface area contributed by atoms with Gasteiger partial charge in [-0.15, -0.1) is 0 Å². The third-order valence-electron chi connectivity index (χ3n) is 7.15. The Bertz CT molecular complexity index is 921. The SMILES string of the molecule is O=C(COc1ccc(Cl)c(F)c1)NC12CCC(NC(=O)C3CNC(C(F)F)CN3)(CC1)C(O)C2. The van der Waals surface area contributed by atoms with E-state index in [0.717, 1.165) is 6.07 Å². The normalized spacial score (nSPS) is 32.9. The first-order chi connectivity index (χ1) is 16.1. The number of amides is 2. The van der Waals surface area contributed by atoms with E-state index in [-0.39, 0.29) is 42.8 Å². The smallest absolute Gasteiger partial charge is 0.258 e. The molecule has 0 aromatic heterocycles. The Morgan fingerprint density at radius 1 is 1.18 bits per heavy atom. The predicted octanol–water partition coefficient (Wildman–Crippen LogP) is 1.10. The summed E-state index contributed by atoms with van der Waals surface area (Å²) in [6.45, 7) is -0.267. The van der Waals surface area contributed by atoms with E-state index < -0.39 is 47.4 Å². The molecule has 1 saturated heterocycles. The Balaban J connectivity index is 1.28. The van der Waals surface area contributed by atoms with E-state index in [1.807, 2.05) is 0 Å². The molecule has 0 spiro atoms. The lowest BCUT2D eigenvalue weighted by Gasteiger charge is -2.56. The van der Waals surface area contributed by atoms with Crippen molar-refractivity contribution >= 4 is 23.4 Å². The first-order valence-corrected chi connectivity index (χ1v) is 11.6. The molecule has 0 radical (unpaired) electrons. The summed E-state index contributed by atoms with van der Waals surface area (Å²) in [6.07, 6.45) is -1.11. The maximum Gasteiger partial charge on any atom is 0.258 e. The van der Waals surface area contributed by atoms with Gasteiger partial charge in [0.05, 0.1) is 28.7 Å². The van der Waals surface area contributed by atoms with Gasteiger partial charge in [0, 0.05) is 24.7 Å². The third-order valence-corrected chi connectivity index (χ3v) is 7.45. The maximum atomic E-state index is 13.5. The van der Waals surface area contributed by atoms with Crippen molar-refractivity contribution in [3.05, 3.63) is 29.0 Å². The molecule has 188 valence electrons. The highest BCUT2D eigenvalue weighted by Crippen LogP contribution is 2.47. The minimum Gasteiger partial charge on any atom is -0.484 e. The van der Waals surface area contributed by atoms with Crippen LogP contribution in [0.2, 0.25) is 5.02 Å². The molecule has 2 bridgehead atoms. The number of nitrogens with one attached hydrogen (secondary N) is 4. The Morgan fingerprint density at radius 2 is 1.91 bits per heavy atom. The Labute approximate surface area is 199 Å². The molecule has 5 N–H and O–H groups in total. The Hall–Kier alpha value is -2.08. The van der Waals surface area contributed by atoms with E-state index in [0.29, 0.717) is 25.7 Å². The van der Waals surface area contributed by atoms with Crippen molar-refractivity contribution in [3.63, 3.8) is 0 Å². The molecule has 3 aliphatic carbocycles. The number of ether oxygens (including phenoxy) is 1. The number of carbonyl (C=O) groups is 2. The van der Waals surface area contributed by atoms with Crippen LogP contribution in [0.25, 0.3) is 0 Å². The number of rotatable bonds is 7. The number of benzene rings is 1. The Morgan fingerprint density at radius 3 is 2.50 bits per heavy atom. The molecule has 8 nitrogen and oxygen atoms in total. The number of carbonyl (C=O) groups excluding carboxylic acids is 2. The predicted molar refractivity (Wildman–Crippen MR) is 117 cm³/mol. The largest absolute Gasteiger partial charge is 0.484 e. The number of hydrogen-bond donors (Lipinski definition) is 5. The molecule has 1 aromatic carbocycles. The average molecular weight is 505 g/mol. The van der Waals surface area contributed by atoms with Crippen LogP contribution >= 0.6 is 11.6 Å². The standard InChI is InChI=1S/C22H28ClF3N4O4/c23-13-2-1-12(7-14(13)24)34-11-18(32)29-21-3-5-22(6-4-21,17(31)8-21)30-20(33)16-10-27-15(9-28-16)19(25)26/h1-2,7,15-17,19,27-28,31H,3-6,8-11H2,(H,29,32)(H,30,33). The van der Waals surface area contributed by atoms with Crippen molar-refractivity contribution in [2.45, 2.75) is 67.8 Å². The summed E-state index contributed by atoms with van der Waals surface area (Å²) in [4.78, 5) is 25.2. The van der Waals surface area contributed by atoms with Gasteiger partial charge in [-0.25, -0.2) is 13.2 Å². The highest BCUT2D eigenvalue weighted by atomic mass is 35.5. The average Bonchev–Trinajstić information content (AvgIpc) is 2.81. The number of aliphatic hydroxyl groups excluding tert-OH is 1. The molecule has 1 aromatic rings. The second kappa shape index (κ2) is 9.88. The monoisotopic (exact) mass is 504 g/mol. The molecule has 4 fully saturated rings. The van der Waals surface area contributed by atoms with Crippen LogP contribution in [0, 0.1) is 5.82 Å². The van der Waals surface area contributed by atoms with Gasteiger partial charge < -0.3 is 31.1 Å². The van der Waals surface area contributed by atoms with Gasteiger partial charge in [-0.05, 0) is 44.2 Å². The number of fused-ring (bicyclic) bond motifs is 3. The van der Waals surface area contributed by atoms with E-state index in [1.54, 1.807) is 0 Å². The number of alkyl halides is 2. The highest BCUT2D eigenvalue weighted by Gasteiger charge is 2.55. The number of hydrogen-bond acceptors (Lipinski definition) is 6. The fraction of sp³-hybridized carbons (Fsp3) is 0.636. The van der Waals surface area contributed by atoms with Crippen LogP contribution in [0.1, 0.15) is 32.1 Å². The van der Waals surface area contributed by atoms with Gasteiger partial charge >= 0.3 is 0 Å². The van der Waals surface area contributed by atoms with Crippen molar-refractivity contribution in [1.29, 1.82) is 0 Å². The van der Waals surface area contributed by atoms with Crippen molar-refractivity contribution in [3.8, 4) is 5.75 Å². The molecule has 34 heavy (non-hydrogen) atoms. The zero-order valence-electron chi connectivity index (χ0n) is 18.4. The molecule has 4 aliphatic rings. The van der Waals surface area contributed by atoms with Gasteiger partial charge in [0.15, 0.2) is 6.61 Å².